The average Bonchev–Trinajstić information content (AvgIpc) is 3.46. The molecule has 6 nitrogen and oxygen atoms in total. The second-order valence-corrected chi connectivity index (χ2v) is 9.87. The number of rotatable bonds is 3. The Bertz CT molecular complexity index is 1370. The number of piperidine rings is 1. The molecule has 4 aromatic heterocycles. The lowest BCUT2D eigenvalue weighted by atomic mass is 9.94. The first-order chi connectivity index (χ1) is 16.2. The van der Waals surface area contributed by atoms with Crippen molar-refractivity contribution >= 4 is 22.6 Å². The van der Waals surface area contributed by atoms with Gasteiger partial charge in [0.2, 0.25) is 0 Å². The Kier molecular flexibility index (Phi) is 5.23. The van der Waals surface area contributed by atoms with E-state index in [2.05, 4.69) is 32.1 Å². The summed E-state index contributed by atoms with van der Waals surface area (Å²) >= 11 is 1.85. The van der Waals surface area contributed by atoms with E-state index < -0.39 is 0 Å². The molecule has 2 aliphatic heterocycles. The second kappa shape index (κ2) is 8.39. The molecule has 0 aromatic carbocycles. The van der Waals surface area contributed by atoms with Gasteiger partial charge in [-0.2, -0.15) is 0 Å². The molecule has 2 aliphatic rings. The Morgan fingerprint density at radius 3 is 2.82 bits per heavy atom. The molecule has 1 saturated heterocycles. The molecule has 0 bridgehead atoms. The van der Waals surface area contributed by atoms with Crippen molar-refractivity contribution in [1.29, 1.82) is 0 Å². The zero-order valence-electron chi connectivity index (χ0n) is 18.8. The van der Waals surface area contributed by atoms with Crippen LogP contribution >= 0.6 is 11.3 Å². The number of likely N-dealkylation sites (tertiary alicyclic amines) is 1. The van der Waals surface area contributed by atoms with Gasteiger partial charge in [-0.3, -0.25) is 9.20 Å². The van der Waals surface area contributed by atoms with E-state index in [0.717, 1.165) is 68.9 Å². The van der Waals surface area contributed by atoms with Crippen molar-refractivity contribution in [2.45, 2.75) is 39.2 Å². The molecule has 1 fully saturated rings. The molecular weight excluding hydrogens is 430 g/mol. The molecule has 6 rings (SSSR count). The molecule has 33 heavy (non-hydrogen) atoms. The highest BCUT2D eigenvalue weighted by molar-refractivity contribution is 7.11. The van der Waals surface area contributed by atoms with Crippen LogP contribution in [0, 0.1) is 6.92 Å². The number of aryl methyl sites for hydroxylation is 3. The number of hydrogen-bond donors (Lipinski definition) is 0. The van der Waals surface area contributed by atoms with Crippen molar-refractivity contribution in [3.05, 3.63) is 91.7 Å². The van der Waals surface area contributed by atoms with Crippen LogP contribution in [0.3, 0.4) is 0 Å². The summed E-state index contributed by atoms with van der Waals surface area (Å²) in [4.78, 5) is 26.3. The molecule has 6 heterocycles. The van der Waals surface area contributed by atoms with Crippen LogP contribution in [0.4, 0.5) is 0 Å². The molecular formula is C26H27N5OS. The zero-order valence-corrected chi connectivity index (χ0v) is 19.6. The summed E-state index contributed by atoms with van der Waals surface area (Å²) in [7, 11) is 0. The van der Waals surface area contributed by atoms with Gasteiger partial charge in [0, 0.05) is 66.5 Å². The van der Waals surface area contributed by atoms with Gasteiger partial charge in [-0.15, -0.1) is 11.3 Å². The van der Waals surface area contributed by atoms with Gasteiger partial charge in [-0.05, 0) is 61.7 Å². The monoisotopic (exact) mass is 457 g/mol. The summed E-state index contributed by atoms with van der Waals surface area (Å²) in [5, 5.41) is 2.22. The maximum absolute atomic E-state index is 13.0. The number of thiophene rings is 1. The summed E-state index contributed by atoms with van der Waals surface area (Å²) in [6.45, 7) is 5.87. The molecule has 0 unspecified atom stereocenters. The van der Waals surface area contributed by atoms with Crippen molar-refractivity contribution in [1.82, 2.24) is 23.8 Å². The molecule has 0 spiro atoms. The number of pyridine rings is 1. The molecule has 0 amide bonds. The Morgan fingerprint density at radius 2 is 1.94 bits per heavy atom. The Morgan fingerprint density at radius 1 is 1.06 bits per heavy atom. The highest BCUT2D eigenvalue weighted by atomic mass is 32.1. The van der Waals surface area contributed by atoms with Gasteiger partial charge in [0.1, 0.15) is 11.5 Å². The predicted molar refractivity (Wildman–Crippen MR) is 132 cm³/mol. The lowest BCUT2D eigenvalue weighted by Gasteiger charge is -2.29. The van der Waals surface area contributed by atoms with Crippen LogP contribution in [-0.2, 0) is 19.4 Å². The van der Waals surface area contributed by atoms with E-state index in [1.165, 1.54) is 21.6 Å². The summed E-state index contributed by atoms with van der Waals surface area (Å²) in [5.41, 5.74) is 6.80. The van der Waals surface area contributed by atoms with Gasteiger partial charge in [0.25, 0.3) is 5.56 Å². The van der Waals surface area contributed by atoms with Gasteiger partial charge in [0.15, 0.2) is 0 Å². The van der Waals surface area contributed by atoms with E-state index in [-0.39, 0.29) is 5.56 Å². The third-order valence-electron chi connectivity index (χ3n) is 7.06. The normalized spacial score (nSPS) is 16.6. The Hall–Kier alpha value is -3.03. The van der Waals surface area contributed by atoms with Gasteiger partial charge in [-0.25, -0.2) is 9.97 Å². The summed E-state index contributed by atoms with van der Waals surface area (Å²) < 4.78 is 3.97. The van der Waals surface area contributed by atoms with Crippen molar-refractivity contribution < 1.29 is 0 Å². The predicted octanol–water partition coefficient (Wildman–Crippen LogP) is 3.96. The van der Waals surface area contributed by atoms with Crippen LogP contribution in [-0.4, -0.2) is 43.5 Å². The number of imidazole rings is 1. The van der Waals surface area contributed by atoms with Gasteiger partial charge < -0.3 is 9.47 Å². The fourth-order valence-corrected chi connectivity index (χ4v) is 6.26. The SMILES string of the molecule is Cc1nc2ccccn2c(=O)c1CCN1CCC(=C2c3sccc3CCn3ccnc32)CC1. The standard InChI is InChI=1S/C26H27N5OS/c1-18-21(26(32)31-11-3-2-4-22(31)28-18)8-14-29-12-5-19(6-13-29)23-24-20(9-17-33-24)7-15-30-16-10-27-25(23)30/h2-4,9-11,16-17H,5-8,12-15H2,1H3. The molecule has 168 valence electrons. The van der Waals surface area contributed by atoms with E-state index in [4.69, 9.17) is 4.98 Å². The molecule has 4 aromatic rings. The third kappa shape index (κ3) is 3.65. The third-order valence-corrected chi connectivity index (χ3v) is 8.03. The van der Waals surface area contributed by atoms with Crippen molar-refractivity contribution in [3.8, 4) is 0 Å². The maximum atomic E-state index is 13.0. The molecule has 0 aliphatic carbocycles. The van der Waals surface area contributed by atoms with E-state index >= 15 is 0 Å². The minimum Gasteiger partial charge on any atom is -0.331 e. The average molecular weight is 458 g/mol. The summed E-state index contributed by atoms with van der Waals surface area (Å²) in [5.74, 6) is 1.13. The quantitative estimate of drug-likeness (QED) is 0.467. The first-order valence-corrected chi connectivity index (χ1v) is 12.6. The highest BCUT2D eigenvalue weighted by Crippen LogP contribution is 2.38. The van der Waals surface area contributed by atoms with Crippen LogP contribution in [0.25, 0.3) is 11.2 Å². The number of nitrogens with zero attached hydrogens (tertiary/aromatic N) is 5. The van der Waals surface area contributed by atoms with E-state index in [0.29, 0.717) is 5.65 Å². The van der Waals surface area contributed by atoms with E-state index in [9.17, 15) is 4.79 Å². The van der Waals surface area contributed by atoms with Crippen molar-refractivity contribution in [3.63, 3.8) is 0 Å². The van der Waals surface area contributed by atoms with Crippen LogP contribution in [0.1, 0.15) is 40.4 Å². The second-order valence-electron chi connectivity index (χ2n) is 8.95. The van der Waals surface area contributed by atoms with Crippen LogP contribution < -0.4 is 5.56 Å². The fraction of sp³-hybridized carbons (Fsp3) is 0.346. The Balaban J connectivity index is 1.22. The number of aromatic nitrogens is 4. The van der Waals surface area contributed by atoms with Crippen molar-refractivity contribution in [2.24, 2.45) is 0 Å². The van der Waals surface area contributed by atoms with E-state index in [1.807, 2.05) is 48.9 Å². The van der Waals surface area contributed by atoms with Gasteiger partial charge >= 0.3 is 0 Å². The molecule has 0 saturated carbocycles. The molecule has 0 radical (unpaired) electrons. The lowest BCUT2D eigenvalue weighted by molar-refractivity contribution is 0.259. The largest absolute Gasteiger partial charge is 0.331 e. The minimum atomic E-state index is 0.0634. The van der Waals surface area contributed by atoms with Crippen molar-refractivity contribution in [2.75, 3.05) is 19.6 Å². The van der Waals surface area contributed by atoms with Crippen LogP contribution in [0.15, 0.2) is 58.6 Å². The lowest BCUT2D eigenvalue weighted by Crippen LogP contribution is -2.34. The smallest absolute Gasteiger partial charge is 0.261 e. The maximum Gasteiger partial charge on any atom is 0.261 e. The topological polar surface area (TPSA) is 55.4 Å². The van der Waals surface area contributed by atoms with Crippen LogP contribution in [0.2, 0.25) is 0 Å². The van der Waals surface area contributed by atoms with Crippen LogP contribution in [0.5, 0.6) is 0 Å². The number of hydrogen-bond acceptors (Lipinski definition) is 5. The summed E-state index contributed by atoms with van der Waals surface area (Å²) in [6.07, 6.45) is 9.76. The fourth-order valence-electron chi connectivity index (χ4n) is 5.22. The minimum absolute atomic E-state index is 0.0634. The first-order valence-electron chi connectivity index (χ1n) is 11.7. The Labute approximate surface area is 196 Å². The first kappa shape index (κ1) is 20.6. The molecule has 7 heteroatoms. The zero-order chi connectivity index (χ0) is 22.4. The molecule has 0 N–H and O–H groups in total. The van der Waals surface area contributed by atoms with Gasteiger partial charge in [0.05, 0.1) is 0 Å². The number of fused-ring (bicyclic) bond motifs is 3. The summed E-state index contributed by atoms with van der Waals surface area (Å²) in [6, 6.07) is 7.96. The highest BCUT2D eigenvalue weighted by Gasteiger charge is 2.26. The molecule has 0 atom stereocenters. The van der Waals surface area contributed by atoms with Gasteiger partial charge in [-0.1, -0.05) is 11.6 Å². The van der Waals surface area contributed by atoms with E-state index in [1.54, 1.807) is 4.40 Å².